The van der Waals surface area contributed by atoms with Gasteiger partial charge in [-0.2, -0.15) is 0 Å². The number of hydrogen-bond acceptors (Lipinski definition) is 4. The number of methoxy groups -OCH3 is 2. The van der Waals surface area contributed by atoms with E-state index in [1.54, 1.807) is 30.2 Å². The van der Waals surface area contributed by atoms with Crippen LogP contribution in [0.25, 0.3) is 6.08 Å². The van der Waals surface area contributed by atoms with Crippen molar-refractivity contribution in [1.29, 1.82) is 0 Å². The second-order valence-electron chi connectivity index (χ2n) is 5.95. The molecule has 0 radical (unpaired) electrons. The first-order valence-electron chi connectivity index (χ1n) is 8.49. The van der Waals surface area contributed by atoms with Crippen LogP contribution in [0.1, 0.15) is 11.1 Å². The number of benzene rings is 2. The summed E-state index contributed by atoms with van der Waals surface area (Å²) in [4.78, 5) is 13.9. The molecule has 0 N–H and O–H groups in total. The van der Waals surface area contributed by atoms with E-state index in [9.17, 15) is 4.79 Å². The molecule has 0 atom stereocenters. The number of halogens is 1. The second kappa shape index (κ2) is 9.88. The van der Waals surface area contributed by atoms with E-state index >= 15 is 0 Å². The molecule has 1 amide bonds. The summed E-state index contributed by atoms with van der Waals surface area (Å²) in [6.07, 6.45) is 3.18. The molecule has 0 aromatic heterocycles. The van der Waals surface area contributed by atoms with E-state index in [0.717, 1.165) is 16.9 Å². The van der Waals surface area contributed by atoms with Gasteiger partial charge < -0.3 is 19.1 Å². The quantitative estimate of drug-likeness (QED) is 0.634. The molecule has 144 valence electrons. The van der Waals surface area contributed by atoms with E-state index in [4.69, 9.17) is 25.8 Å². The molecule has 0 bridgehead atoms. The predicted octanol–water partition coefficient (Wildman–Crippen LogP) is 4.22. The van der Waals surface area contributed by atoms with Gasteiger partial charge in [-0.25, -0.2) is 0 Å². The first kappa shape index (κ1) is 20.6. The van der Waals surface area contributed by atoms with Gasteiger partial charge in [0.1, 0.15) is 12.4 Å². The zero-order valence-electron chi connectivity index (χ0n) is 16.0. The lowest BCUT2D eigenvalue weighted by Crippen LogP contribution is -2.29. The lowest BCUT2D eigenvalue weighted by molar-refractivity contribution is -0.125. The van der Waals surface area contributed by atoms with Gasteiger partial charge in [-0.1, -0.05) is 29.8 Å². The number of hydrogen-bond donors (Lipinski definition) is 0. The van der Waals surface area contributed by atoms with E-state index in [1.165, 1.54) is 20.3 Å². The number of para-hydroxylation sites is 1. The largest absolute Gasteiger partial charge is 0.493 e. The van der Waals surface area contributed by atoms with E-state index in [2.05, 4.69) is 0 Å². The maximum atomic E-state index is 12.3. The molecule has 5 nitrogen and oxygen atoms in total. The highest BCUT2D eigenvalue weighted by Crippen LogP contribution is 2.36. The molecule has 0 saturated carbocycles. The molecule has 0 aliphatic carbocycles. The third-order valence-electron chi connectivity index (χ3n) is 4.03. The van der Waals surface area contributed by atoms with Crippen LogP contribution in [0.15, 0.2) is 42.5 Å². The van der Waals surface area contributed by atoms with Crippen molar-refractivity contribution in [1.82, 2.24) is 4.90 Å². The molecule has 2 aromatic rings. The SMILES string of the molecule is COc1cc(/C=C/C(=O)N(C)CCOc2ccccc2C)cc(Cl)c1OC. The van der Waals surface area contributed by atoms with Crippen LogP contribution in [0, 0.1) is 6.92 Å². The Labute approximate surface area is 165 Å². The Morgan fingerprint density at radius 1 is 1.15 bits per heavy atom. The van der Waals surface area contributed by atoms with E-state index in [-0.39, 0.29) is 5.91 Å². The minimum absolute atomic E-state index is 0.130. The van der Waals surface area contributed by atoms with Gasteiger partial charge in [0.15, 0.2) is 11.5 Å². The van der Waals surface area contributed by atoms with Crippen molar-refractivity contribution in [2.45, 2.75) is 6.92 Å². The number of carbonyl (C=O) groups is 1. The van der Waals surface area contributed by atoms with Crippen LogP contribution in [0.4, 0.5) is 0 Å². The molecule has 2 rings (SSSR count). The van der Waals surface area contributed by atoms with Gasteiger partial charge in [0.25, 0.3) is 0 Å². The van der Waals surface area contributed by atoms with Crippen LogP contribution < -0.4 is 14.2 Å². The summed E-state index contributed by atoms with van der Waals surface area (Å²) in [5.74, 6) is 1.67. The molecule has 0 spiro atoms. The topological polar surface area (TPSA) is 48.0 Å². The number of rotatable bonds is 8. The third kappa shape index (κ3) is 5.66. The average molecular weight is 390 g/mol. The van der Waals surface area contributed by atoms with Crippen molar-refractivity contribution < 1.29 is 19.0 Å². The van der Waals surface area contributed by atoms with Crippen molar-refractivity contribution in [2.24, 2.45) is 0 Å². The van der Waals surface area contributed by atoms with Crippen molar-refractivity contribution in [2.75, 3.05) is 34.4 Å². The van der Waals surface area contributed by atoms with E-state index in [0.29, 0.717) is 29.7 Å². The van der Waals surface area contributed by atoms with Crippen molar-refractivity contribution in [3.63, 3.8) is 0 Å². The second-order valence-corrected chi connectivity index (χ2v) is 6.35. The van der Waals surface area contributed by atoms with Crippen LogP contribution in [-0.4, -0.2) is 45.2 Å². The standard InChI is InChI=1S/C21H24ClNO4/c1-15-7-5-6-8-18(15)27-12-11-23(2)20(24)10-9-16-13-17(22)21(26-4)19(14-16)25-3/h5-10,13-14H,11-12H2,1-4H3/b10-9+. The molecule has 6 heteroatoms. The van der Waals surface area contributed by atoms with Gasteiger partial charge in [0.05, 0.1) is 25.8 Å². The number of aryl methyl sites for hydroxylation is 1. The van der Waals surface area contributed by atoms with Crippen LogP contribution >= 0.6 is 11.6 Å². The Morgan fingerprint density at radius 2 is 1.89 bits per heavy atom. The predicted molar refractivity (Wildman–Crippen MR) is 108 cm³/mol. The summed E-state index contributed by atoms with van der Waals surface area (Å²) in [5, 5.41) is 0.420. The fourth-order valence-corrected chi connectivity index (χ4v) is 2.75. The zero-order valence-corrected chi connectivity index (χ0v) is 16.7. The minimum Gasteiger partial charge on any atom is -0.493 e. The van der Waals surface area contributed by atoms with E-state index < -0.39 is 0 Å². The smallest absolute Gasteiger partial charge is 0.246 e. The fraction of sp³-hybridized carbons (Fsp3) is 0.286. The molecule has 2 aromatic carbocycles. The molecule has 0 aliphatic rings. The molecule has 27 heavy (non-hydrogen) atoms. The highest BCUT2D eigenvalue weighted by molar-refractivity contribution is 6.32. The van der Waals surface area contributed by atoms with Gasteiger partial charge in [-0.3, -0.25) is 4.79 Å². The zero-order chi connectivity index (χ0) is 19.8. The number of nitrogens with zero attached hydrogens (tertiary/aromatic N) is 1. The normalized spacial score (nSPS) is 10.7. The Hall–Kier alpha value is -2.66. The van der Waals surface area contributed by atoms with Crippen LogP contribution in [0.3, 0.4) is 0 Å². The monoisotopic (exact) mass is 389 g/mol. The Morgan fingerprint density at radius 3 is 2.56 bits per heavy atom. The Bertz CT molecular complexity index is 820. The molecule has 0 aliphatic heterocycles. The number of ether oxygens (including phenoxy) is 3. The molecule has 0 heterocycles. The molecule has 0 saturated heterocycles. The van der Waals surface area contributed by atoms with Gasteiger partial charge in [0, 0.05) is 13.1 Å². The van der Waals surface area contributed by atoms with Crippen LogP contribution in [0.5, 0.6) is 17.2 Å². The maximum Gasteiger partial charge on any atom is 0.246 e. The van der Waals surface area contributed by atoms with Crippen LogP contribution in [-0.2, 0) is 4.79 Å². The Kier molecular flexibility index (Phi) is 7.55. The number of carbonyl (C=O) groups excluding carboxylic acids is 1. The summed E-state index contributed by atoms with van der Waals surface area (Å²) >= 11 is 6.18. The first-order valence-corrected chi connectivity index (χ1v) is 8.87. The number of likely N-dealkylation sites (N-methyl/N-ethyl adjacent to an activating group) is 1. The van der Waals surface area contributed by atoms with Crippen molar-refractivity contribution >= 4 is 23.6 Å². The maximum absolute atomic E-state index is 12.3. The van der Waals surface area contributed by atoms with Gasteiger partial charge >= 0.3 is 0 Å². The summed E-state index contributed by atoms with van der Waals surface area (Å²) in [5.41, 5.74) is 1.81. The first-order chi connectivity index (χ1) is 13.0. The molecule has 0 unspecified atom stereocenters. The van der Waals surface area contributed by atoms with E-state index in [1.807, 2.05) is 31.2 Å². The highest BCUT2D eigenvalue weighted by Gasteiger charge is 2.10. The summed E-state index contributed by atoms with van der Waals surface area (Å²) in [6, 6.07) is 11.3. The lowest BCUT2D eigenvalue weighted by atomic mass is 10.2. The summed E-state index contributed by atoms with van der Waals surface area (Å²) in [7, 11) is 4.79. The minimum atomic E-state index is -0.130. The summed E-state index contributed by atoms with van der Waals surface area (Å²) in [6.45, 7) is 2.88. The third-order valence-corrected chi connectivity index (χ3v) is 4.31. The lowest BCUT2D eigenvalue weighted by Gasteiger charge is -2.16. The average Bonchev–Trinajstić information content (AvgIpc) is 2.66. The number of amides is 1. The van der Waals surface area contributed by atoms with Crippen LogP contribution in [0.2, 0.25) is 5.02 Å². The highest BCUT2D eigenvalue weighted by atomic mass is 35.5. The molecule has 0 fully saturated rings. The molecular weight excluding hydrogens is 366 g/mol. The summed E-state index contributed by atoms with van der Waals surface area (Å²) < 4.78 is 16.2. The fourth-order valence-electron chi connectivity index (χ4n) is 2.45. The van der Waals surface area contributed by atoms with Gasteiger partial charge in [-0.15, -0.1) is 0 Å². The molecular formula is C21H24ClNO4. The van der Waals surface area contributed by atoms with Crippen molar-refractivity contribution in [3.8, 4) is 17.2 Å². The van der Waals surface area contributed by atoms with Gasteiger partial charge in [0.2, 0.25) is 5.91 Å². The van der Waals surface area contributed by atoms with Gasteiger partial charge in [-0.05, 0) is 42.3 Å². The Balaban J connectivity index is 1.94. The van der Waals surface area contributed by atoms with Crippen molar-refractivity contribution in [3.05, 3.63) is 58.6 Å².